The van der Waals surface area contributed by atoms with E-state index < -0.39 is 0 Å². The van der Waals surface area contributed by atoms with Crippen molar-refractivity contribution in [3.05, 3.63) is 92.3 Å². The van der Waals surface area contributed by atoms with Gasteiger partial charge in [0.1, 0.15) is 0 Å². The average molecular weight is 581 g/mol. The van der Waals surface area contributed by atoms with Gasteiger partial charge in [0, 0.05) is 10.2 Å². The normalized spacial score (nSPS) is 14.3. The molecule has 1 fully saturated rings. The Morgan fingerprint density at radius 2 is 1.84 bits per heavy atom. The molecule has 9 heteroatoms. The summed E-state index contributed by atoms with van der Waals surface area (Å²) in [7, 11) is 1.49. The first-order valence-corrected chi connectivity index (χ1v) is 13.0. The zero-order chi connectivity index (χ0) is 26.5. The summed E-state index contributed by atoms with van der Waals surface area (Å²) in [6.45, 7) is 3.99. The summed E-state index contributed by atoms with van der Waals surface area (Å²) in [5.74, 6) is 0.143. The van der Waals surface area contributed by atoms with E-state index in [-0.39, 0.29) is 30.2 Å². The summed E-state index contributed by atoms with van der Waals surface area (Å²) in [5, 5.41) is 2.50. The summed E-state index contributed by atoms with van der Waals surface area (Å²) in [6.07, 6.45) is 1.64. The molecule has 0 bridgehead atoms. The number of aryl methyl sites for hydroxylation is 2. The van der Waals surface area contributed by atoms with E-state index in [9.17, 15) is 14.4 Å². The van der Waals surface area contributed by atoms with Gasteiger partial charge in [-0.3, -0.25) is 19.3 Å². The van der Waals surface area contributed by atoms with Gasteiger partial charge >= 0.3 is 0 Å². The Morgan fingerprint density at radius 3 is 2.57 bits per heavy atom. The number of nitrogens with zero attached hydrogens (tertiary/aromatic N) is 1. The van der Waals surface area contributed by atoms with Crippen molar-refractivity contribution in [1.82, 2.24) is 4.90 Å². The number of hydrogen-bond acceptors (Lipinski definition) is 6. The molecule has 3 aromatic carbocycles. The third-order valence-corrected chi connectivity index (χ3v) is 7.14. The Balaban J connectivity index is 1.41. The van der Waals surface area contributed by atoms with Crippen LogP contribution in [0.4, 0.5) is 10.5 Å². The lowest BCUT2D eigenvalue weighted by Gasteiger charge is -2.13. The van der Waals surface area contributed by atoms with E-state index in [1.807, 2.05) is 56.3 Å². The predicted octanol–water partition coefficient (Wildman–Crippen LogP) is 6.33. The number of amides is 3. The highest BCUT2D eigenvalue weighted by molar-refractivity contribution is 9.10. The third kappa shape index (κ3) is 6.61. The smallest absolute Gasteiger partial charge is 0.293 e. The maximum atomic E-state index is 12.9. The molecular formula is C28H25BrN2O5S. The molecule has 0 aliphatic carbocycles. The zero-order valence-corrected chi connectivity index (χ0v) is 22.9. The Hall–Kier alpha value is -3.56. The Bertz CT molecular complexity index is 1410. The predicted molar refractivity (Wildman–Crippen MR) is 149 cm³/mol. The van der Waals surface area contributed by atoms with Crippen LogP contribution < -0.4 is 14.8 Å². The van der Waals surface area contributed by atoms with Crippen molar-refractivity contribution in [1.29, 1.82) is 0 Å². The minimum atomic E-state index is -0.350. The van der Waals surface area contributed by atoms with Gasteiger partial charge in [0.25, 0.3) is 17.1 Å². The number of ether oxygens (including phenoxy) is 2. The second-order valence-electron chi connectivity index (χ2n) is 8.44. The van der Waals surface area contributed by atoms with Crippen molar-refractivity contribution in [3.8, 4) is 11.5 Å². The highest BCUT2D eigenvalue weighted by Gasteiger charge is 2.35. The molecule has 0 atom stereocenters. The van der Waals surface area contributed by atoms with Crippen LogP contribution in [0.25, 0.3) is 6.08 Å². The molecular weight excluding hydrogens is 556 g/mol. The summed E-state index contributed by atoms with van der Waals surface area (Å²) in [6, 6.07) is 18.3. The number of thioether (sulfide) groups is 1. The average Bonchev–Trinajstić information content (AvgIpc) is 3.12. The van der Waals surface area contributed by atoms with Crippen LogP contribution in [-0.4, -0.2) is 35.7 Å². The maximum Gasteiger partial charge on any atom is 0.293 e. The lowest BCUT2D eigenvalue weighted by molar-refractivity contribution is -0.123. The number of methoxy groups -OCH3 is 1. The number of rotatable bonds is 8. The van der Waals surface area contributed by atoms with E-state index in [4.69, 9.17) is 9.47 Å². The van der Waals surface area contributed by atoms with Gasteiger partial charge in [0.2, 0.25) is 0 Å². The number of carbonyl (C=O) groups is 3. The monoisotopic (exact) mass is 580 g/mol. The van der Waals surface area contributed by atoms with Gasteiger partial charge in [0.05, 0.1) is 18.6 Å². The number of carbonyl (C=O) groups excluding carboxylic acids is 3. The highest BCUT2D eigenvalue weighted by Crippen LogP contribution is 2.35. The van der Waals surface area contributed by atoms with Crippen LogP contribution in [0, 0.1) is 13.8 Å². The van der Waals surface area contributed by atoms with E-state index in [1.54, 1.807) is 24.3 Å². The first kappa shape index (κ1) is 26.5. The molecule has 1 N–H and O–H groups in total. The number of nitrogens with one attached hydrogen (secondary N) is 1. The first-order valence-electron chi connectivity index (χ1n) is 11.4. The summed E-state index contributed by atoms with van der Waals surface area (Å²) in [4.78, 5) is 39.3. The fraction of sp³-hybridized carbons (Fsp3) is 0.179. The molecule has 37 heavy (non-hydrogen) atoms. The number of anilines is 1. The molecule has 0 saturated carbocycles. The summed E-state index contributed by atoms with van der Waals surface area (Å²) >= 11 is 4.30. The molecule has 3 aromatic rings. The van der Waals surface area contributed by atoms with Gasteiger partial charge in [-0.05, 0) is 90.3 Å². The van der Waals surface area contributed by atoms with Crippen LogP contribution in [0.5, 0.6) is 11.5 Å². The van der Waals surface area contributed by atoms with Crippen molar-refractivity contribution in [2.24, 2.45) is 0 Å². The lowest BCUT2D eigenvalue weighted by Crippen LogP contribution is -2.27. The zero-order valence-electron chi connectivity index (χ0n) is 20.5. The van der Waals surface area contributed by atoms with E-state index in [1.165, 1.54) is 12.0 Å². The van der Waals surface area contributed by atoms with Crippen LogP contribution in [0.3, 0.4) is 0 Å². The van der Waals surface area contributed by atoms with Gasteiger partial charge in [-0.15, -0.1) is 0 Å². The van der Waals surface area contributed by atoms with Crippen LogP contribution in [-0.2, 0) is 16.1 Å². The molecule has 0 aromatic heterocycles. The van der Waals surface area contributed by atoms with Crippen LogP contribution in [0.1, 0.15) is 22.3 Å². The molecule has 1 saturated heterocycles. The van der Waals surface area contributed by atoms with Gasteiger partial charge in [-0.25, -0.2) is 0 Å². The second-order valence-corrected chi connectivity index (χ2v) is 10.4. The molecule has 1 aliphatic rings. The van der Waals surface area contributed by atoms with Gasteiger partial charge in [0.15, 0.2) is 18.1 Å². The second kappa shape index (κ2) is 11.7. The van der Waals surface area contributed by atoms with E-state index in [2.05, 4.69) is 21.2 Å². The Morgan fingerprint density at radius 1 is 1.03 bits per heavy atom. The number of hydrogen-bond donors (Lipinski definition) is 1. The fourth-order valence-electron chi connectivity index (χ4n) is 3.66. The van der Waals surface area contributed by atoms with Crippen LogP contribution >= 0.6 is 27.7 Å². The van der Waals surface area contributed by atoms with Crippen molar-refractivity contribution < 1.29 is 23.9 Å². The van der Waals surface area contributed by atoms with Crippen molar-refractivity contribution in [2.75, 3.05) is 19.0 Å². The highest BCUT2D eigenvalue weighted by atomic mass is 79.9. The van der Waals surface area contributed by atoms with Gasteiger partial charge < -0.3 is 14.8 Å². The first-order chi connectivity index (χ1) is 17.7. The molecule has 4 rings (SSSR count). The number of benzene rings is 3. The van der Waals surface area contributed by atoms with Crippen molar-refractivity contribution in [2.45, 2.75) is 20.4 Å². The molecule has 1 heterocycles. The van der Waals surface area contributed by atoms with Crippen LogP contribution in [0.15, 0.2) is 70.0 Å². The lowest BCUT2D eigenvalue weighted by atomic mass is 10.1. The molecule has 0 unspecified atom stereocenters. The SMILES string of the molecule is COc1cc(/C=C2/SC(=O)N(Cc3cccc(Br)c3)C2=O)ccc1OCC(=O)Nc1ccc(C)c(C)c1. The van der Waals surface area contributed by atoms with E-state index >= 15 is 0 Å². The standard InChI is InChI=1S/C28H25BrN2O5S/c1-17-7-9-22(11-18(17)2)30-26(32)16-36-23-10-8-19(13-24(23)35-3)14-25-27(33)31(28(34)37-25)15-20-5-4-6-21(29)12-20/h4-14H,15-16H2,1-3H3,(H,30,32)/b25-14+. The maximum absolute atomic E-state index is 12.9. The van der Waals surface area contributed by atoms with Crippen LogP contribution in [0.2, 0.25) is 0 Å². The topological polar surface area (TPSA) is 84.9 Å². The van der Waals surface area contributed by atoms with E-state index in [0.29, 0.717) is 27.7 Å². The molecule has 0 spiro atoms. The molecule has 0 radical (unpaired) electrons. The fourth-order valence-corrected chi connectivity index (χ4v) is 4.94. The molecule has 1 aliphatic heterocycles. The Labute approximate surface area is 228 Å². The quantitative estimate of drug-likeness (QED) is 0.313. The number of halogens is 1. The molecule has 3 amide bonds. The minimum Gasteiger partial charge on any atom is -0.493 e. The van der Waals surface area contributed by atoms with Crippen molar-refractivity contribution in [3.63, 3.8) is 0 Å². The van der Waals surface area contributed by atoms with Gasteiger partial charge in [-0.2, -0.15) is 0 Å². The number of imide groups is 1. The third-order valence-electron chi connectivity index (χ3n) is 5.74. The Kier molecular flexibility index (Phi) is 8.35. The summed E-state index contributed by atoms with van der Waals surface area (Å²) < 4.78 is 12.0. The summed E-state index contributed by atoms with van der Waals surface area (Å²) in [5.41, 5.74) is 4.45. The molecule has 7 nitrogen and oxygen atoms in total. The van der Waals surface area contributed by atoms with E-state index in [0.717, 1.165) is 32.9 Å². The van der Waals surface area contributed by atoms with Crippen molar-refractivity contribution >= 4 is 56.5 Å². The largest absolute Gasteiger partial charge is 0.493 e. The minimum absolute atomic E-state index is 0.196. The molecule has 190 valence electrons. The van der Waals surface area contributed by atoms with Gasteiger partial charge in [-0.1, -0.05) is 40.2 Å².